The van der Waals surface area contributed by atoms with Crippen LogP contribution in [0.15, 0.2) is 30.3 Å². The van der Waals surface area contributed by atoms with Crippen LogP contribution in [0.2, 0.25) is 0 Å². The number of hydrogen-bond acceptors (Lipinski definition) is 2. The molecule has 2 rings (SSSR count). The van der Waals surface area contributed by atoms with Gasteiger partial charge in [-0.05, 0) is 18.6 Å². The van der Waals surface area contributed by atoms with Crippen LogP contribution in [0.4, 0.5) is 5.69 Å². The Morgan fingerprint density at radius 3 is 2.38 bits per heavy atom. The van der Waals surface area contributed by atoms with Gasteiger partial charge in [0.05, 0.1) is 11.1 Å². The van der Waals surface area contributed by atoms with Crippen molar-refractivity contribution in [3.8, 4) is 0 Å². The Kier molecular flexibility index (Phi) is 2.54. The standard InChI is InChI=1S/C13H15NO2/c1-3-13(2)9-11(15)14(12(13)16)10-7-5-4-6-8-10/h4-8H,3,9H2,1-2H3. The third-order valence-corrected chi connectivity index (χ3v) is 3.30. The Morgan fingerprint density at radius 1 is 1.25 bits per heavy atom. The summed E-state index contributed by atoms with van der Waals surface area (Å²) in [5, 5.41) is 0. The molecule has 0 aromatic heterocycles. The molecule has 1 saturated heterocycles. The van der Waals surface area contributed by atoms with Gasteiger partial charge >= 0.3 is 0 Å². The lowest BCUT2D eigenvalue weighted by Gasteiger charge is -2.20. The maximum Gasteiger partial charge on any atom is 0.240 e. The average Bonchev–Trinajstić information content (AvgIpc) is 2.52. The van der Waals surface area contributed by atoms with Crippen LogP contribution in [0.5, 0.6) is 0 Å². The second-order valence-corrected chi connectivity index (χ2v) is 4.46. The van der Waals surface area contributed by atoms with Gasteiger partial charge in [-0.3, -0.25) is 14.5 Å². The number of nitrogens with zero attached hydrogens (tertiary/aromatic N) is 1. The minimum atomic E-state index is -0.521. The van der Waals surface area contributed by atoms with Gasteiger partial charge in [-0.1, -0.05) is 32.0 Å². The first-order valence-electron chi connectivity index (χ1n) is 5.51. The van der Waals surface area contributed by atoms with E-state index in [0.717, 1.165) is 0 Å². The summed E-state index contributed by atoms with van der Waals surface area (Å²) in [4.78, 5) is 25.3. The lowest BCUT2D eigenvalue weighted by atomic mass is 9.86. The van der Waals surface area contributed by atoms with Gasteiger partial charge in [0, 0.05) is 6.42 Å². The third-order valence-electron chi connectivity index (χ3n) is 3.30. The van der Waals surface area contributed by atoms with Crippen molar-refractivity contribution in [2.24, 2.45) is 5.41 Å². The minimum Gasteiger partial charge on any atom is -0.274 e. The molecule has 16 heavy (non-hydrogen) atoms. The average molecular weight is 217 g/mol. The van der Waals surface area contributed by atoms with Gasteiger partial charge in [0.1, 0.15) is 0 Å². The van der Waals surface area contributed by atoms with Crippen LogP contribution in [0.1, 0.15) is 26.7 Å². The zero-order chi connectivity index (χ0) is 11.8. The lowest BCUT2D eigenvalue weighted by molar-refractivity contribution is -0.125. The van der Waals surface area contributed by atoms with E-state index in [9.17, 15) is 9.59 Å². The molecule has 84 valence electrons. The molecular formula is C13H15NO2. The monoisotopic (exact) mass is 217 g/mol. The van der Waals surface area contributed by atoms with E-state index in [1.165, 1.54) is 4.90 Å². The van der Waals surface area contributed by atoms with Gasteiger partial charge in [-0.15, -0.1) is 0 Å². The fourth-order valence-electron chi connectivity index (χ4n) is 1.99. The number of rotatable bonds is 2. The quantitative estimate of drug-likeness (QED) is 0.713. The molecule has 0 spiro atoms. The fraction of sp³-hybridized carbons (Fsp3) is 0.385. The zero-order valence-electron chi connectivity index (χ0n) is 9.56. The van der Waals surface area contributed by atoms with Gasteiger partial charge in [0.25, 0.3) is 0 Å². The van der Waals surface area contributed by atoms with E-state index in [1.807, 2.05) is 32.0 Å². The van der Waals surface area contributed by atoms with E-state index in [-0.39, 0.29) is 11.8 Å². The summed E-state index contributed by atoms with van der Waals surface area (Å²) in [5.41, 5.74) is 0.155. The van der Waals surface area contributed by atoms with Crippen LogP contribution in [0.25, 0.3) is 0 Å². The number of imide groups is 1. The molecule has 3 nitrogen and oxygen atoms in total. The highest BCUT2D eigenvalue weighted by Crippen LogP contribution is 2.37. The lowest BCUT2D eigenvalue weighted by Crippen LogP contribution is -2.33. The molecular weight excluding hydrogens is 202 g/mol. The van der Waals surface area contributed by atoms with Crippen LogP contribution in [-0.4, -0.2) is 11.8 Å². The van der Waals surface area contributed by atoms with Crippen molar-refractivity contribution in [2.45, 2.75) is 26.7 Å². The van der Waals surface area contributed by atoms with Crippen molar-refractivity contribution in [2.75, 3.05) is 4.90 Å². The van der Waals surface area contributed by atoms with E-state index in [1.54, 1.807) is 12.1 Å². The first kappa shape index (κ1) is 10.9. The summed E-state index contributed by atoms with van der Waals surface area (Å²) < 4.78 is 0. The summed E-state index contributed by atoms with van der Waals surface area (Å²) in [6, 6.07) is 9.11. The van der Waals surface area contributed by atoms with Crippen LogP contribution in [-0.2, 0) is 9.59 Å². The molecule has 0 aliphatic carbocycles. The molecule has 0 saturated carbocycles. The molecule has 1 fully saturated rings. The maximum absolute atomic E-state index is 12.2. The number of amides is 2. The van der Waals surface area contributed by atoms with Gasteiger partial charge in [0.2, 0.25) is 11.8 Å². The molecule has 3 heteroatoms. The van der Waals surface area contributed by atoms with Gasteiger partial charge in [-0.2, -0.15) is 0 Å². The smallest absolute Gasteiger partial charge is 0.240 e. The Balaban J connectivity index is 2.38. The molecule has 1 atom stereocenters. The molecule has 1 aliphatic heterocycles. The first-order chi connectivity index (χ1) is 7.58. The number of benzene rings is 1. The van der Waals surface area contributed by atoms with Crippen molar-refractivity contribution >= 4 is 17.5 Å². The molecule has 0 N–H and O–H groups in total. The van der Waals surface area contributed by atoms with E-state index in [0.29, 0.717) is 18.5 Å². The largest absolute Gasteiger partial charge is 0.274 e. The first-order valence-corrected chi connectivity index (χ1v) is 5.51. The van der Waals surface area contributed by atoms with Crippen LogP contribution in [0.3, 0.4) is 0 Å². The molecule has 0 bridgehead atoms. The topological polar surface area (TPSA) is 37.4 Å². The summed E-state index contributed by atoms with van der Waals surface area (Å²) in [5.74, 6) is -0.174. The Hall–Kier alpha value is -1.64. The third kappa shape index (κ3) is 1.52. The summed E-state index contributed by atoms with van der Waals surface area (Å²) in [6.45, 7) is 3.80. The number of para-hydroxylation sites is 1. The van der Waals surface area contributed by atoms with Crippen LogP contribution >= 0.6 is 0 Å². The predicted molar refractivity (Wildman–Crippen MR) is 62.0 cm³/mol. The Bertz CT molecular complexity index is 427. The van der Waals surface area contributed by atoms with Crippen LogP contribution in [0, 0.1) is 5.41 Å². The van der Waals surface area contributed by atoms with E-state index in [2.05, 4.69) is 0 Å². The van der Waals surface area contributed by atoms with Gasteiger partial charge in [0.15, 0.2) is 0 Å². The van der Waals surface area contributed by atoms with E-state index >= 15 is 0 Å². The van der Waals surface area contributed by atoms with Gasteiger partial charge < -0.3 is 0 Å². The highest BCUT2D eigenvalue weighted by molar-refractivity contribution is 6.22. The fourth-order valence-corrected chi connectivity index (χ4v) is 1.99. The molecule has 1 aliphatic rings. The van der Waals surface area contributed by atoms with Crippen molar-refractivity contribution in [1.29, 1.82) is 0 Å². The number of carbonyl (C=O) groups excluding carboxylic acids is 2. The van der Waals surface area contributed by atoms with Gasteiger partial charge in [-0.25, -0.2) is 0 Å². The van der Waals surface area contributed by atoms with Crippen molar-refractivity contribution in [3.05, 3.63) is 30.3 Å². The Morgan fingerprint density at radius 2 is 1.88 bits per heavy atom. The molecule has 1 aromatic rings. The highest BCUT2D eigenvalue weighted by atomic mass is 16.2. The summed E-state index contributed by atoms with van der Waals surface area (Å²) in [7, 11) is 0. The van der Waals surface area contributed by atoms with E-state index in [4.69, 9.17) is 0 Å². The van der Waals surface area contributed by atoms with Crippen molar-refractivity contribution in [3.63, 3.8) is 0 Å². The number of anilines is 1. The van der Waals surface area contributed by atoms with Crippen molar-refractivity contribution in [1.82, 2.24) is 0 Å². The number of carbonyl (C=O) groups is 2. The zero-order valence-corrected chi connectivity index (χ0v) is 9.56. The van der Waals surface area contributed by atoms with Crippen molar-refractivity contribution < 1.29 is 9.59 Å². The van der Waals surface area contributed by atoms with Crippen LogP contribution < -0.4 is 4.90 Å². The summed E-state index contributed by atoms with van der Waals surface area (Å²) in [6.07, 6.45) is 1.01. The normalized spacial score (nSPS) is 25.2. The predicted octanol–water partition coefficient (Wildman–Crippen LogP) is 2.37. The van der Waals surface area contributed by atoms with E-state index < -0.39 is 5.41 Å². The Labute approximate surface area is 95.1 Å². The maximum atomic E-state index is 12.2. The summed E-state index contributed by atoms with van der Waals surface area (Å²) >= 11 is 0. The molecule has 1 aromatic carbocycles. The minimum absolute atomic E-state index is 0.0776. The molecule has 1 unspecified atom stereocenters. The highest BCUT2D eigenvalue weighted by Gasteiger charge is 2.47. The molecule has 1 heterocycles. The SMILES string of the molecule is CCC1(C)CC(=O)N(c2ccccc2)C1=O. The second-order valence-electron chi connectivity index (χ2n) is 4.46. The molecule has 2 amide bonds. The number of hydrogen-bond donors (Lipinski definition) is 0. The molecule has 0 radical (unpaired) electrons. The second kappa shape index (κ2) is 3.74.